The molecule has 4 atom stereocenters. The topological polar surface area (TPSA) is 44.1 Å². The van der Waals surface area contributed by atoms with Gasteiger partial charge in [-0.15, -0.1) is 0 Å². The summed E-state index contributed by atoms with van der Waals surface area (Å²) in [6.07, 6.45) is 4.36. The fraction of sp³-hybridized carbons (Fsp3) is 0.667. The van der Waals surface area contributed by atoms with Crippen molar-refractivity contribution >= 4 is 0 Å². The van der Waals surface area contributed by atoms with Gasteiger partial charge in [0.25, 0.3) is 11.6 Å². The Balaban J connectivity index is 1.99. The van der Waals surface area contributed by atoms with Crippen molar-refractivity contribution in [1.29, 1.82) is 0 Å². The molecule has 16 heavy (non-hydrogen) atoms. The van der Waals surface area contributed by atoms with Gasteiger partial charge >= 0.3 is 0 Å². The van der Waals surface area contributed by atoms with Crippen LogP contribution in [0.5, 0.6) is 6.01 Å². The molecule has 0 N–H and O–H groups in total. The first-order valence-electron chi connectivity index (χ1n) is 5.96. The average molecular weight is 220 g/mol. The molecular weight excluding hydrogens is 204 g/mol. The first kappa shape index (κ1) is 9.87. The van der Waals surface area contributed by atoms with Crippen molar-refractivity contribution in [2.75, 3.05) is 0 Å². The van der Waals surface area contributed by atoms with Crippen LogP contribution in [0.2, 0.25) is 0 Å². The molecule has 2 heterocycles. The van der Waals surface area contributed by atoms with Crippen LogP contribution in [-0.2, 0) is 0 Å². The van der Waals surface area contributed by atoms with E-state index in [2.05, 4.69) is 18.8 Å². The molecule has 0 radical (unpaired) electrons. The summed E-state index contributed by atoms with van der Waals surface area (Å²) in [5, 5.41) is 0. The summed E-state index contributed by atoms with van der Waals surface area (Å²) in [6.45, 7) is 4.47. The number of aromatic nitrogens is 2. The number of hydrogen-bond donors (Lipinski definition) is 0. The van der Waals surface area contributed by atoms with Crippen molar-refractivity contribution in [1.82, 2.24) is 9.55 Å². The molecule has 0 saturated heterocycles. The zero-order chi connectivity index (χ0) is 11.3. The maximum Gasteiger partial charge on any atom is 0.300 e. The van der Waals surface area contributed by atoms with Crippen LogP contribution in [0, 0.1) is 11.8 Å². The van der Waals surface area contributed by atoms with Crippen LogP contribution < -0.4 is 10.3 Å². The molecule has 3 rings (SSSR count). The van der Waals surface area contributed by atoms with E-state index in [0.717, 1.165) is 12.3 Å². The lowest BCUT2D eigenvalue weighted by atomic mass is 9.95. The largest absolute Gasteiger partial charge is 0.459 e. The van der Waals surface area contributed by atoms with Gasteiger partial charge in [0, 0.05) is 12.3 Å². The van der Waals surface area contributed by atoms with Gasteiger partial charge in [-0.25, -0.2) is 0 Å². The van der Waals surface area contributed by atoms with E-state index in [9.17, 15) is 4.79 Å². The lowest BCUT2D eigenvalue weighted by Gasteiger charge is -2.17. The third kappa shape index (κ3) is 1.22. The Labute approximate surface area is 94.3 Å². The van der Waals surface area contributed by atoms with Crippen molar-refractivity contribution in [3.05, 3.63) is 22.6 Å². The number of ether oxygens (including phenoxy) is 1. The standard InChI is InChI=1S/C12H16N2O2/c1-3-8-6-9-11(7(8)2)16-12-13-10(15)4-5-14(9)12/h4-5,7-9,11H,3,6H2,1-2H3/t7-,8-,9+,11?/m0/s1. The summed E-state index contributed by atoms with van der Waals surface area (Å²) in [4.78, 5) is 15.1. The first-order chi connectivity index (χ1) is 7.70. The highest BCUT2D eigenvalue weighted by molar-refractivity contribution is 5.12. The van der Waals surface area contributed by atoms with Crippen LogP contribution in [0.15, 0.2) is 17.1 Å². The van der Waals surface area contributed by atoms with Gasteiger partial charge in [0.05, 0.1) is 6.04 Å². The smallest absolute Gasteiger partial charge is 0.300 e. The molecule has 86 valence electrons. The molecule has 1 aromatic rings. The van der Waals surface area contributed by atoms with Crippen LogP contribution >= 0.6 is 0 Å². The van der Waals surface area contributed by atoms with E-state index in [0.29, 0.717) is 18.0 Å². The molecule has 4 nitrogen and oxygen atoms in total. The zero-order valence-electron chi connectivity index (χ0n) is 9.59. The van der Waals surface area contributed by atoms with Gasteiger partial charge in [-0.2, -0.15) is 4.98 Å². The van der Waals surface area contributed by atoms with Crippen molar-refractivity contribution in [3.63, 3.8) is 0 Å². The summed E-state index contributed by atoms with van der Waals surface area (Å²) >= 11 is 0. The van der Waals surface area contributed by atoms with E-state index in [-0.39, 0.29) is 11.7 Å². The van der Waals surface area contributed by atoms with Crippen LogP contribution in [-0.4, -0.2) is 15.7 Å². The van der Waals surface area contributed by atoms with Gasteiger partial charge in [-0.3, -0.25) is 9.36 Å². The van der Waals surface area contributed by atoms with Crippen molar-refractivity contribution in [3.8, 4) is 6.01 Å². The maximum absolute atomic E-state index is 11.1. The molecule has 1 saturated carbocycles. The molecule has 0 bridgehead atoms. The fourth-order valence-corrected chi connectivity index (χ4v) is 3.13. The van der Waals surface area contributed by atoms with Gasteiger partial charge < -0.3 is 4.74 Å². The van der Waals surface area contributed by atoms with E-state index < -0.39 is 0 Å². The van der Waals surface area contributed by atoms with Crippen LogP contribution in [0.4, 0.5) is 0 Å². The van der Waals surface area contributed by atoms with Gasteiger partial charge in [0.1, 0.15) is 6.10 Å². The van der Waals surface area contributed by atoms with Crippen molar-refractivity contribution in [2.45, 2.75) is 38.8 Å². The summed E-state index contributed by atoms with van der Waals surface area (Å²) in [5.41, 5.74) is -0.217. The normalized spacial score (nSPS) is 35.6. The number of rotatable bonds is 1. The Morgan fingerprint density at radius 3 is 3.19 bits per heavy atom. The van der Waals surface area contributed by atoms with Crippen LogP contribution in [0.25, 0.3) is 0 Å². The quantitative estimate of drug-likeness (QED) is 0.722. The molecular formula is C12H16N2O2. The second-order valence-corrected chi connectivity index (χ2v) is 4.87. The summed E-state index contributed by atoms with van der Waals surface area (Å²) in [5.74, 6) is 1.27. The highest BCUT2D eigenvalue weighted by Crippen LogP contribution is 2.47. The van der Waals surface area contributed by atoms with E-state index in [1.165, 1.54) is 12.5 Å². The van der Waals surface area contributed by atoms with Crippen molar-refractivity contribution < 1.29 is 4.74 Å². The molecule has 2 aliphatic rings. The van der Waals surface area contributed by atoms with E-state index >= 15 is 0 Å². The second kappa shape index (κ2) is 3.34. The van der Waals surface area contributed by atoms with E-state index in [4.69, 9.17) is 4.74 Å². The summed E-state index contributed by atoms with van der Waals surface area (Å²) in [7, 11) is 0. The third-order valence-electron chi connectivity index (χ3n) is 4.11. The molecule has 1 aliphatic carbocycles. The highest BCUT2D eigenvalue weighted by Gasteiger charge is 2.47. The Hall–Kier alpha value is -1.32. The fourth-order valence-electron chi connectivity index (χ4n) is 3.13. The number of fused-ring (bicyclic) bond motifs is 3. The minimum atomic E-state index is -0.217. The second-order valence-electron chi connectivity index (χ2n) is 4.87. The van der Waals surface area contributed by atoms with Crippen LogP contribution in [0.1, 0.15) is 32.7 Å². The summed E-state index contributed by atoms with van der Waals surface area (Å²) in [6, 6.07) is 2.39. The van der Waals surface area contributed by atoms with E-state index in [1.807, 2.05) is 10.8 Å². The predicted molar refractivity (Wildman–Crippen MR) is 59.5 cm³/mol. The van der Waals surface area contributed by atoms with Crippen molar-refractivity contribution in [2.24, 2.45) is 11.8 Å². The van der Waals surface area contributed by atoms with Gasteiger partial charge in [0.2, 0.25) is 0 Å². The Morgan fingerprint density at radius 1 is 1.62 bits per heavy atom. The third-order valence-corrected chi connectivity index (χ3v) is 4.11. The molecule has 1 aliphatic heterocycles. The zero-order valence-corrected chi connectivity index (χ0v) is 9.59. The average Bonchev–Trinajstić information content (AvgIpc) is 2.75. The van der Waals surface area contributed by atoms with Gasteiger partial charge in [-0.05, 0) is 18.3 Å². The molecule has 0 amide bonds. The Bertz CT molecular complexity index is 468. The van der Waals surface area contributed by atoms with E-state index in [1.54, 1.807) is 0 Å². The van der Waals surface area contributed by atoms with Gasteiger partial charge in [0.15, 0.2) is 0 Å². The molecule has 0 aromatic carbocycles. The lowest BCUT2D eigenvalue weighted by Crippen LogP contribution is -2.22. The molecule has 1 aromatic heterocycles. The molecule has 1 fully saturated rings. The maximum atomic E-state index is 11.1. The number of nitrogens with zero attached hydrogens (tertiary/aromatic N) is 2. The SMILES string of the molecule is CC[C@H]1C[C@@H]2C(Oc3nc(=O)ccn32)[C@H]1C. The molecule has 1 unspecified atom stereocenters. The van der Waals surface area contributed by atoms with Gasteiger partial charge in [-0.1, -0.05) is 20.3 Å². The number of hydrogen-bond acceptors (Lipinski definition) is 3. The Morgan fingerprint density at radius 2 is 2.44 bits per heavy atom. The monoisotopic (exact) mass is 220 g/mol. The van der Waals surface area contributed by atoms with Crippen LogP contribution in [0.3, 0.4) is 0 Å². The first-order valence-corrected chi connectivity index (χ1v) is 5.96. The predicted octanol–water partition coefficient (Wildman–Crippen LogP) is 1.61. The molecule has 0 spiro atoms. The Kier molecular flexibility index (Phi) is 2.06. The summed E-state index contributed by atoms with van der Waals surface area (Å²) < 4.78 is 7.83. The minimum Gasteiger partial charge on any atom is -0.459 e. The highest BCUT2D eigenvalue weighted by atomic mass is 16.5. The molecule has 4 heteroatoms. The lowest BCUT2D eigenvalue weighted by molar-refractivity contribution is 0.157. The minimum absolute atomic E-state index is 0.208.